The van der Waals surface area contributed by atoms with E-state index in [0.717, 1.165) is 34.3 Å². The van der Waals surface area contributed by atoms with Crippen molar-refractivity contribution >= 4 is 23.0 Å². The summed E-state index contributed by atoms with van der Waals surface area (Å²) in [6, 6.07) is 7.97. The van der Waals surface area contributed by atoms with Gasteiger partial charge >= 0.3 is 0 Å². The minimum Gasteiger partial charge on any atom is -0.456 e. The smallest absolute Gasteiger partial charge is 0.247 e. The molecule has 1 aromatic carbocycles. The summed E-state index contributed by atoms with van der Waals surface area (Å²) in [4.78, 5) is 11.7. The van der Waals surface area contributed by atoms with Crippen molar-refractivity contribution in [2.45, 2.75) is 26.7 Å². The summed E-state index contributed by atoms with van der Waals surface area (Å²) in [5.41, 5.74) is 2.76. The van der Waals surface area contributed by atoms with Crippen LogP contribution in [0, 0.1) is 0 Å². The average molecular weight is 257 g/mol. The first-order chi connectivity index (χ1) is 9.21. The Labute approximate surface area is 113 Å². The number of nitrogens with one attached hydrogen (secondary N) is 1. The third-order valence-electron chi connectivity index (χ3n) is 3.29. The number of hydrogen-bond acceptors (Lipinski definition) is 2. The van der Waals surface area contributed by atoms with Gasteiger partial charge in [0.05, 0.1) is 0 Å². The molecule has 0 fully saturated rings. The molecule has 0 unspecified atom stereocenters. The van der Waals surface area contributed by atoms with Crippen molar-refractivity contribution in [2.75, 3.05) is 7.05 Å². The van der Waals surface area contributed by atoms with Gasteiger partial charge < -0.3 is 9.73 Å². The lowest BCUT2D eigenvalue weighted by atomic mass is 10.1. The van der Waals surface area contributed by atoms with Gasteiger partial charge in [-0.1, -0.05) is 32.0 Å². The van der Waals surface area contributed by atoms with Gasteiger partial charge in [-0.3, -0.25) is 4.79 Å². The van der Waals surface area contributed by atoms with Gasteiger partial charge in [0.25, 0.3) is 0 Å². The highest BCUT2D eigenvalue weighted by molar-refractivity contribution is 5.98. The van der Waals surface area contributed by atoms with Crippen molar-refractivity contribution in [1.82, 2.24) is 5.32 Å². The summed E-state index contributed by atoms with van der Waals surface area (Å²) < 4.78 is 5.86. The second-order valence-electron chi connectivity index (χ2n) is 4.40. The van der Waals surface area contributed by atoms with E-state index < -0.39 is 0 Å². The molecule has 0 atom stereocenters. The number of furan rings is 1. The zero-order valence-corrected chi connectivity index (χ0v) is 11.6. The minimum atomic E-state index is -0.0509. The van der Waals surface area contributed by atoms with E-state index in [1.165, 1.54) is 0 Å². The number of benzene rings is 1. The third-order valence-corrected chi connectivity index (χ3v) is 3.29. The maximum Gasteiger partial charge on any atom is 0.247 e. The van der Waals surface area contributed by atoms with Crippen LogP contribution in [0.15, 0.2) is 34.3 Å². The van der Waals surface area contributed by atoms with Gasteiger partial charge in [-0.2, -0.15) is 0 Å². The molecule has 1 aromatic heterocycles. The minimum absolute atomic E-state index is 0.0509. The van der Waals surface area contributed by atoms with Crippen molar-refractivity contribution in [3.05, 3.63) is 41.2 Å². The van der Waals surface area contributed by atoms with Gasteiger partial charge in [-0.15, -0.1) is 0 Å². The van der Waals surface area contributed by atoms with Gasteiger partial charge in [-0.25, -0.2) is 0 Å². The highest BCUT2D eigenvalue weighted by Crippen LogP contribution is 2.28. The van der Waals surface area contributed by atoms with Crippen LogP contribution in [0.5, 0.6) is 0 Å². The molecule has 2 aromatic rings. The SMILES string of the molecule is CCC(=Cc1oc2ccccc2c1CC)C(=O)NC. The van der Waals surface area contributed by atoms with E-state index in [2.05, 4.69) is 18.3 Å². The number of amides is 1. The molecule has 100 valence electrons. The van der Waals surface area contributed by atoms with Crippen LogP contribution < -0.4 is 5.32 Å². The Morgan fingerprint density at radius 3 is 2.68 bits per heavy atom. The first-order valence-electron chi connectivity index (χ1n) is 6.64. The Hall–Kier alpha value is -2.03. The lowest BCUT2D eigenvalue weighted by Crippen LogP contribution is -2.19. The van der Waals surface area contributed by atoms with Crippen LogP contribution in [0.25, 0.3) is 17.0 Å². The largest absolute Gasteiger partial charge is 0.456 e. The zero-order valence-electron chi connectivity index (χ0n) is 11.6. The number of para-hydroxylation sites is 1. The predicted molar refractivity (Wildman–Crippen MR) is 77.9 cm³/mol. The maximum absolute atomic E-state index is 11.7. The fourth-order valence-corrected chi connectivity index (χ4v) is 2.25. The van der Waals surface area contributed by atoms with Crippen molar-refractivity contribution < 1.29 is 9.21 Å². The summed E-state index contributed by atoms with van der Waals surface area (Å²) in [5, 5.41) is 3.79. The molecule has 0 bridgehead atoms. The molecule has 1 heterocycles. The van der Waals surface area contributed by atoms with Crippen LogP contribution in [0.3, 0.4) is 0 Å². The van der Waals surface area contributed by atoms with E-state index in [9.17, 15) is 4.79 Å². The highest BCUT2D eigenvalue weighted by Gasteiger charge is 2.13. The summed E-state index contributed by atoms with van der Waals surface area (Å²) in [7, 11) is 1.64. The third kappa shape index (κ3) is 2.55. The predicted octanol–water partition coefficient (Wildman–Crippen LogP) is 3.53. The number of aryl methyl sites for hydroxylation is 1. The molecule has 0 radical (unpaired) electrons. The van der Waals surface area contributed by atoms with E-state index in [1.807, 2.05) is 31.2 Å². The van der Waals surface area contributed by atoms with Gasteiger partial charge in [0.2, 0.25) is 5.91 Å². The summed E-state index contributed by atoms with van der Waals surface area (Å²) in [5.74, 6) is 0.745. The quantitative estimate of drug-likeness (QED) is 0.851. The van der Waals surface area contributed by atoms with E-state index in [-0.39, 0.29) is 5.91 Å². The molecule has 19 heavy (non-hydrogen) atoms. The van der Waals surface area contributed by atoms with E-state index in [1.54, 1.807) is 7.05 Å². The van der Waals surface area contributed by atoms with E-state index >= 15 is 0 Å². The Balaban J connectivity index is 2.55. The number of carbonyl (C=O) groups excluding carboxylic acids is 1. The lowest BCUT2D eigenvalue weighted by Gasteiger charge is -2.02. The molecule has 0 aliphatic carbocycles. The van der Waals surface area contributed by atoms with Gasteiger partial charge in [0.15, 0.2) is 0 Å². The molecule has 0 aliphatic rings. The molecule has 3 heteroatoms. The molecule has 0 aliphatic heterocycles. The van der Waals surface area contributed by atoms with Crippen LogP contribution in [0.4, 0.5) is 0 Å². The molecule has 1 N–H and O–H groups in total. The number of fused-ring (bicyclic) bond motifs is 1. The highest BCUT2D eigenvalue weighted by atomic mass is 16.3. The fourth-order valence-electron chi connectivity index (χ4n) is 2.25. The monoisotopic (exact) mass is 257 g/mol. The Kier molecular flexibility index (Phi) is 4.05. The summed E-state index contributed by atoms with van der Waals surface area (Å²) >= 11 is 0. The van der Waals surface area contributed by atoms with Crippen LogP contribution in [-0.4, -0.2) is 13.0 Å². The molecular weight excluding hydrogens is 238 g/mol. The number of likely N-dealkylation sites (N-methyl/N-ethyl adjacent to an activating group) is 1. The molecule has 3 nitrogen and oxygen atoms in total. The van der Waals surface area contributed by atoms with E-state index in [0.29, 0.717) is 6.42 Å². The van der Waals surface area contributed by atoms with Crippen LogP contribution in [-0.2, 0) is 11.2 Å². The first-order valence-corrected chi connectivity index (χ1v) is 6.64. The second kappa shape index (κ2) is 5.74. The average Bonchev–Trinajstić information content (AvgIpc) is 2.80. The first kappa shape index (κ1) is 13.4. The second-order valence-corrected chi connectivity index (χ2v) is 4.40. The molecule has 2 rings (SSSR count). The van der Waals surface area contributed by atoms with Gasteiger partial charge in [-0.05, 0) is 25.0 Å². The van der Waals surface area contributed by atoms with Crippen molar-refractivity contribution in [3.63, 3.8) is 0 Å². The van der Waals surface area contributed by atoms with Gasteiger partial charge in [0, 0.05) is 23.6 Å². The molecule has 0 spiro atoms. The normalized spacial score (nSPS) is 11.8. The van der Waals surface area contributed by atoms with Crippen molar-refractivity contribution in [3.8, 4) is 0 Å². The Bertz CT molecular complexity index is 623. The Morgan fingerprint density at radius 2 is 2.05 bits per heavy atom. The van der Waals surface area contributed by atoms with Gasteiger partial charge in [0.1, 0.15) is 11.3 Å². The molecule has 0 saturated carbocycles. The van der Waals surface area contributed by atoms with E-state index in [4.69, 9.17) is 4.42 Å². The van der Waals surface area contributed by atoms with Crippen LogP contribution >= 0.6 is 0 Å². The van der Waals surface area contributed by atoms with Crippen molar-refractivity contribution in [1.29, 1.82) is 0 Å². The Morgan fingerprint density at radius 1 is 1.32 bits per heavy atom. The topological polar surface area (TPSA) is 42.2 Å². The summed E-state index contributed by atoms with van der Waals surface area (Å²) in [6.45, 7) is 4.06. The van der Waals surface area contributed by atoms with Crippen molar-refractivity contribution in [2.24, 2.45) is 0 Å². The number of hydrogen-bond donors (Lipinski definition) is 1. The maximum atomic E-state index is 11.7. The number of carbonyl (C=O) groups is 1. The number of rotatable bonds is 4. The standard InChI is InChI=1S/C16H19NO2/c1-4-11(16(18)17-3)10-15-12(5-2)13-8-6-7-9-14(13)19-15/h6-10H,4-5H2,1-3H3,(H,17,18). The lowest BCUT2D eigenvalue weighted by molar-refractivity contribution is -0.117. The molecular formula is C16H19NO2. The molecule has 1 amide bonds. The summed E-state index contributed by atoms with van der Waals surface area (Å²) in [6.07, 6.45) is 3.42. The fraction of sp³-hybridized carbons (Fsp3) is 0.312. The van der Waals surface area contributed by atoms with Crippen LogP contribution in [0.1, 0.15) is 31.6 Å². The zero-order chi connectivity index (χ0) is 13.8. The molecule has 0 saturated heterocycles. The van der Waals surface area contributed by atoms with Crippen LogP contribution in [0.2, 0.25) is 0 Å².